The Morgan fingerprint density at radius 3 is 2.89 bits per heavy atom. The van der Waals surface area contributed by atoms with Crippen LogP contribution >= 0.6 is 0 Å². The summed E-state index contributed by atoms with van der Waals surface area (Å²) < 4.78 is 12.4. The fourth-order valence-corrected chi connectivity index (χ4v) is 7.76. The number of allylic oxidation sites excluding steroid dienone is 2. The van der Waals surface area contributed by atoms with Crippen LogP contribution in [0.5, 0.6) is 0 Å². The summed E-state index contributed by atoms with van der Waals surface area (Å²) >= 11 is 0. The number of carbonyl (C=O) groups is 1. The highest BCUT2D eigenvalue weighted by Crippen LogP contribution is 2.65. The lowest BCUT2D eigenvalue weighted by atomic mass is 9.46. The van der Waals surface area contributed by atoms with Crippen molar-refractivity contribution in [1.82, 2.24) is 0 Å². The summed E-state index contributed by atoms with van der Waals surface area (Å²) in [5, 5.41) is 0. The van der Waals surface area contributed by atoms with Crippen LogP contribution in [0, 0.1) is 34.5 Å². The van der Waals surface area contributed by atoms with Crippen LogP contribution in [-0.4, -0.2) is 25.3 Å². The van der Waals surface area contributed by atoms with E-state index in [2.05, 4.69) is 19.1 Å². The van der Waals surface area contributed by atoms with Gasteiger partial charge in [0.25, 0.3) is 0 Å². The predicted octanol–water partition coefficient (Wildman–Crippen LogP) is 5.29. The topological polar surface area (TPSA) is 35.5 Å². The van der Waals surface area contributed by atoms with Crippen molar-refractivity contribution in [1.29, 1.82) is 0 Å². The van der Waals surface area contributed by atoms with Crippen molar-refractivity contribution >= 4 is 5.78 Å². The summed E-state index contributed by atoms with van der Waals surface area (Å²) in [5.41, 5.74) is 0.262. The Labute approximate surface area is 164 Å². The second-order valence-corrected chi connectivity index (χ2v) is 10.3. The number of Topliss-reactive ketones (excluding diaryl/α,β-unsaturated/α-hetero) is 1. The van der Waals surface area contributed by atoms with Gasteiger partial charge in [-0.05, 0) is 87.9 Å². The molecule has 1 heterocycles. The van der Waals surface area contributed by atoms with Gasteiger partial charge in [-0.25, -0.2) is 0 Å². The van der Waals surface area contributed by atoms with E-state index in [0.29, 0.717) is 17.6 Å². The third kappa shape index (κ3) is 2.87. The van der Waals surface area contributed by atoms with Gasteiger partial charge in [0.1, 0.15) is 5.78 Å². The molecule has 5 aliphatic rings. The van der Waals surface area contributed by atoms with Crippen LogP contribution in [0.15, 0.2) is 12.2 Å². The van der Waals surface area contributed by atoms with Crippen LogP contribution in [0.25, 0.3) is 0 Å². The maximum atomic E-state index is 12.6. The number of ketones is 1. The highest BCUT2D eigenvalue weighted by Gasteiger charge is 2.60. The van der Waals surface area contributed by atoms with Crippen molar-refractivity contribution < 1.29 is 14.3 Å². The van der Waals surface area contributed by atoms with Gasteiger partial charge in [-0.1, -0.05) is 19.1 Å². The van der Waals surface area contributed by atoms with Gasteiger partial charge in [-0.3, -0.25) is 4.79 Å². The number of hydrogen-bond acceptors (Lipinski definition) is 3. The van der Waals surface area contributed by atoms with Crippen molar-refractivity contribution in [3.8, 4) is 0 Å². The molecule has 5 rings (SSSR count). The van der Waals surface area contributed by atoms with E-state index in [4.69, 9.17) is 9.47 Å². The number of hydrogen-bond donors (Lipinski definition) is 0. The Morgan fingerprint density at radius 1 is 1.11 bits per heavy atom. The van der Waals surface area contributed by atoms with Gasteiger partial charge in [0.15, 0.2) is 6.29 Å². The van der Waals surface area contributed by atoms with Crippen LogP contribution in [0.1, 0.15) is 77.6 Å². The summed E-state index contributed by atoms with van der Waals surface area (Å²) in [6.45, 7) is 4.01. The van der Waals surface area contributed by atoms with Gasteiger partial charge in [0.2, 0.25) is 0 Å². The van der Waals surface area contributed by atoms with Gasteiger partial charge >= 0.3 is 0 Å². The van der Waals surface area contributed by atoms with Crippen molar-refractivity contribution in [3.63, 3.8) is 0 Å². The highest BCUT2D eigenvalue weighted by atomic mass is 16.7. The molecule has 3 saturated carbocycles. The first-order chi connectivity index (χ1) is 13.1. The average Bonchev–Trinajstić information content (AvgIpc) is 3.02. The molecule has 150 valence electrons. The predicted molar refractivity (Wildman–Crippen MR) is 105 cm³/mol. The zero-order chi connectivity index (χ0) is 18.5. The zero-order valence-corrected chi connectivity index (χ0v) is 17.0. The van der Waals surface area contributed by atoms with E-state index in [0.717, 1.165) is 50.7 Å². The van der Waals surface area contributed by atoms with Crippen LogP contribution in [-0.2, 0) is 14.3 Å². The number of ether oxygens (including phenoxy) is 2. The molecule has 0 aromatic rings. The number of carbonyl (C=O) groups excluding carboxylic acids is 1. The Balaban J connectivity index is 1.40. The Bertz CT molecular complexity index is 607. The summed E-state index contributed by atoms with van der Waals surface area (Å²) in [6.07, 6.45) is 17.7. The Morgan fingerprint density at radius 2 is 2.04 bits per heavy atom. The second-order valence-electron chi connectivity index (χ2n) is 10.3. The first-order valence-electron chi connectivity index (χ1n) is 11.6. The maximum Gasteiger partial charge on any atom is 0.157 e. The largest absolute Gasteiger partial charge is 0.353 e. The fraction of sp³-hybridized carbons (Fsp3) is 0.875. The SMILES string of the molecule is C[C@]12CC[C@H]3[C@@H](CC[C@H]4C=CCC[C@@]43COC3CCCCO3)[C@@H]1CCC2=O. The molecule has 3 heteroatoms. The van der Waals surface area contributed by atoms with Crippen molar-refractivity contribution in [3.05, 3.63) is 12.2 Å². The molecule has 3 nitrogen and oxygen atoms in total. The van der Waals surface area contributed by atoms with E-state index in [1.165, 1.54) is 44.9 Å². The molecule has 0 N–H and O–H groups in total. The lowest BCUT2D eigenvalue weighted by Gasteiger charge is -2.59. The Kier molecular flexibility index (Phi) is 4.75. The number of rotatable bonds is 3. The molecule has 0 radical (unpaired) electrons. The average molecular weight is 373 g/mol. The molecule has 0 aromatic heterocycles. The minimum atomic E-state index is -0.0208. The summed E-state index contributed by atoms with van der Waals surface area (Å²) in [7, 11) is 0. The van der Waals surface area contributed by atoms with Crippen LogP contribution in [0.3, 0.4) is 0 Å². The molecule has 0 aromatic carbocycles. The standard InChI is InChI=1S/C24H36O3/c1-23-14-12-20-18(19(23)10-11-21(23)25)9-8-17-6-2-4-13-24(17,20)16-27-22-7-3-5-15-26-22/h2,6,17-20,22H,3-5,7-16H2,1H3/t17-,18+,19+,20+,22?,23+,24-/m1/s1. The van der Waals surface area contributed by atoms with Crippen LogP contribution < -0.4 is 0 Å². The smallest absolute Gasteiger partial charge is 0.157 e. The molecule has 7 atom stereocenters. The first kappa shape index (κ1) is 18.4. The lowest BCUT2D eigenvalue weighted by molar-refractivity contribution is -0.206. The van der Waals surface area contributed by atoms with Crippen LogP contribution in [0.2, 0.25) is 0 Å². The molecule has 0 amide bonds. The highest BCUT2D eigenvalue weighted by molar-refractivity contribution is 5.87. The van der Waals surface area contributed by atoms with Crippen molar-refractivity contribution in [2.24, 2.45) is 34.5 Å². The molecular weight excluding hydrogens is 336 g/mol. The molecule has 1 saturated heterocycles. The molecule has 0 bridgehead atoms. The third-order valence-corrected chi connectivity index (χ3v) is 9.25. The van der Waals surface area contributed by atoms with E-state index in [-0.39, 0.29) is 17.1 Å². The van der Waals surface area contributed by atoms with Gasteiger partial charge in [-0.15, -0.1) is 0 Å². The van der Waals surface area contributed by atoms with E-state index < -0.39 is 0 Å². The van der Waals surface area contributed by atoms with E-state index in [9.17, 15) is 4.79 Å². The molecular formula is C24H36O3. The van der Waals surface area contributed by atoms with E-state index in [1.54, 1.807) is 0 Å². The van der Waals surface area contributed by atoms with Crippen LogP contribution in [0.4, 0.5) is 0 Å². The van der Waals surface area contributed by atoms with Crippen molar-refractivity contribution in [2.45, 2.75) is 83.8 Å². The lowest BCUT2D eigenvalue weighted by Crippen LogP contribution is -2.55. The summed E-state index contributed by atoms with van der Waals surface area (Å²) in [4.78, 5) is 12.6. The van der Waals surface area contributed by atoms with Gasteiger partial charge in [0.05, 0.1) is 6.61 Å². The first-order valence-corrected chi connectivity index (χ1v) is 11.6. The Hall–Kier alpha value is -0.670. The van der Waals surface area contributed by atoms with Crippen molar-refractivity contribution in [2.75, 3.05) is 13.2 Å². The normalized spacial score (nSPS) is 49.4. The minimum Gasteiger partial charge on any atom is -0.353 e. The number of fused-ring (bicyclic) bond motifs is 5. The molecule has 1 unspecified atom stereocenters. The fourth-order valence-electron chi connectivity index (χ4n) is 7.76. The molecule has 4 aliphatic carbocycles. The molecule has 27 heavy (non-hydrogen) atoms. The van der Waals surface area contributed by atoms with Gasteiger partial charge in [-0.2, -0.15) is 0 Å². The summed E-state index contributed by atoms with van der Waals surface area (Å²) in [6, 6.07) is 0. The van der Waals surface area contributed by atoms with E-state index in [1.807, 2.05) is 0 Å². The molecule has 0 spiro atoms. The van der Waals surface area contributed by atoms with Gasteiger partial charge < -0.3 is 9.47 Å². The molecule has 1 aliphatic heterocycles. The maximum absolute atomic E-state index is 12.6. The summed E-state index contributed by atoms with van der Waals surface area (Å²) in [5.74, 6) is 3.30. The van der Waals surface area contributed by atoms with E-state index >= 15 is 0 Å². The van der Waals surface area contributed by atoms with Gasteiger partial charge in [0, 0.05) is 23.9 Å². The second kappa shape index (κ2) is 6.99. The molecule has 4 fully saturated rings. The minimum absolute atomic E-state index is 0.0157. The monoisotopic (exact) mass is 372 g/mol. The quantitative estimate of drug-likeness (QED) is 0.632. The third-order valence-electron chi connectivity index (χ3n) is 9.25. The zero-order valence-electron chi connectivity index (χ0n) is 17.0.